The van der Waals surface area contributed by atoms with E-state index < -0.39 is 10.8 Å². The first-order valence-electron chi connectivity index (χ1n) is 9.43. The average Bonchev–Trinajstić information content (AvgIpc) is 3.16. The Bertz CT molecular complexity index is 1080. The van der Waals surface area contributed by atoms with Crippen LogP contribution in [0.2, 0.25) is 0 Å². The zero-order chi connectivity index (χ0) is 21.3. The van der Waals surface area contributed by atoms with Crippen molar-refractivity contribution in [2.75, 3.05) is 15.5 Å². The van der Waals surface area contributed by atoms with Crippen molar-refractivity contribution in [3.05, 3.63) is 54.6 Å². The smallest absolute Gasteiger partial charge is 0.250 e. The fraction of sp³-hybridized carbons (Fsp3) is 0.238. The minimum Gasteiger partial charge on any atom is -0.330 e. The molecule has 0 radical (unpaired) electrons. The summed E-state index contributed by atoms with van der Waals surface area (Å²) < 4.78 is 0.682. The van der Waals surface area contributed by atoms with E-state index in [9.17, 15) is 9.59 Å². The summed E-state index contributed by atoms with van der Waals surface area (Å²) in [6.07, 6.45) is 0. The van der Waals surface area contributed by atoms with Crippen LogP contribution in [0, 0.1) is 0 Å². The number of carbonyl (C=O) groups is 2. The van der Waals surface area contributed by atoms with E-state index >= 15 is 0 Å². The van der Waals surface area contributed by atoms with Gasteiger partial charge in [0.15, 0.2) is 4.34 Å². The quantitative estimate of drug-likeness (QED) is 0.568. The van der Waals surface area contributed by atoms with Crippen molar-refractivity contribution in [2.24, 2.45) is 0 Å². The fourth-order valence-corrected chi connectivity index (χ4v) is 5.14. The Hall–Kier alpha value is -2.91. The van der Waals surface area contributed by atoms with E-state index in [0.717, 1.165) is 5.69 Å². The van der Waals surface area contributed by atoms with Gasteiger partial charge >= 0.3 is 0 Å². The molecule has 2 aromatic carbocycles. The van der Waals surface area contributed by atoms with Gasteiger partial charge in [-0.3, -0.25) is 14.5 Å². The van der Waals surface area contributed by atoms with Crippen LogP contribution in [0.5, 0.6) is 0 Å². The highest BCUT2D eigenvalue weighted by molar-refractivity contribution is 8.02. The molecule has 9 heteroatoms. The maximum Gasteiger partial charge on any atom is 0.250 e. The highest BCUT2D eigenvalue weighted by atomic mass is 32.2. The molecular weight excluding hydrogens is 418 g/mol. The zero-order valence-corrected chi connectivity index (χ0v) is 18.4. The van der Waals surface area contributed by atoms with Gasteiger partial charge in [-0.15, -0.1) is 10.2 Å². The van der Waals surface area contributed by atoms with E-state index in [1.807, 2.05) is 55.5 Å². The first-order valence-corrected chi connectivity index (χ1v) is 11.1. The predicted molar refractivity (Wildman–Crippen MR) is 122 cm³/mol. The number of rotatable bonds is 5. The maximum absolute atomic E-state index is 13.4. The highest BCUT2D eigenvalue weighted by Crippen LogP contribution is 2.39. The number of thioether (sulfide) groups is 1. The van der Waals surface area contributed by atoms with E-state index in [1.54, 1.807) is 24.8 Å². The summed E-state index contributed by atoms with van der Waals surface area (Å²) in [7, 11) is 0. The lowest BCUT2D eigenvalue weighted by Crippen LogP contribution is -2.60. The topological polar surface area (TPSA) is 87.2 Å². The molecule has 0 spiro atoms. The van der Waals surface area contributed by atoms with Gasteiger partial charge < -0.3 is 10.6 Å². The number of carbonyl (C=O) groups excluding carboxylic acids is 2. The number of fused-ring (bicyclic) bond motifs is 1. The van der Waals surface area contributed by atoms with Gasteiger partial charge in [-0.05, 0) is 45.0 Å². The average molecular weight is 440 g/mol. The number of benzene rings is 2. The highest BCUT2D eigenvalue weighted by Gasteiger charge is 2.44. The molecule has 154 valence electrons. The van der Waals surface area contributed by atoms with Crippen molar-refractivity contribution in [2.45, 2.75) is 35.9 Å². The van der Waals surface area contributed by atoms with Crippen LogP contribution >= 0.6 is 23.1 Å². The third-order valence-electron chi connectivity index (χ3n) is 4.79. The fourth-order valence-electron chi connectivity index (χ4n) is 3.18. The Morgan fingerprint density at radius 3 is 2.60 bits per heavy atom. The summed E-state index contributed by atoms with van der Waals surface area (Å²) in [5.41, 5.74) is 1.26. The lowest BCUT2D eigenvalue weighted by Gasteiger charge is -2.42. The molecule has 0 fully saturated rings. The SMILES string of the molecule is CC(Sc1nnc(Nc2ccccc2)s1)C(=O)N1c2ccccc2NC(=O)C1(C)C. The van der Waals surface area contributed by atoms with Crippen LogP contribution in [-0.2, 0) is 9.59 Å². The third-order valence-corrected chi connectivity index (χ3v) is 6.80. The van der Waals surface area contributed by atoms with E-state index in [2.05, 4.69) is 20.8 Å². The molecule has 1 aliphatic rings. The molecule has 0 saturated carbocycles. The molecule has 0 bridgehead atoms. The van der Waals surface area contributed by atoms with E-state index in [-0.39, 0.29) is 11.8 Å². The van der Waals surface area contributed by atoms with Crippen molar-refractivity contribution < 1.29 is 9.59 Å². The van der Waals surface area contributed by atoms with Gasteiger partial charge in [-0.25, -0.2) is 0 Å². The van der Waals surface area contributed by atoms with Gasteiger partial charge in [0.05, 0.1) is 16.6 Å². The molecular formula is C21H21N5O2S2. The first-order chi connectivity index (χ1) is 14.4. The van der Waals surface area contributed by atoms with E-state index in [0.29, 0.717) is 20.8 Å². The Morgan fingerprint density at radius 1 is 1.13 bits per heavy atom. The molecule has 1 aliphatic heterocycles. The minimum absolute atomic E-state index is 0.153. The number of anilines is 4. The Labute approximate surface area is 182 Å². The second kappa shape index (κ2) is 8.08. The lowest BCUT2D eigenvalue weighted by atomic mass is 9.96. The molecule has 2 N–H and O–H groups in total. The van der Waals surface area contributed by atoms with Gasteiger partial charge in [-0.2, -0.15) is 0 Å². The van der Waals surface area contributed by atoms with Crippen LogP contribution in [0.4, 0.5) is 22.2 Å². The predicted octanol–water partition coefficient (Wildman–Crippen LogP) is 4.53. The standard InChI is InChI=1S/C21H21N5O2S2/c1-13(29-20-25-24-19(30-20)22-14-9-5-4-6-10-14)17(27)26-16-12-8-7-11-15(16)23-18(28)21(26,2)3/h4-13H,1-3H3,(H,22,24)(H,23,28). The molecule has 1 aromatic heterocycles. The minimum atomic E-state index is -0.999. The van der Waals surface area contributed by atoms with E-state index in [1.165, 1.54) is 23.1 Å². The largest absolute Gasteiger partial charge is 0.330 e. The van der Waals surface area contributed by atoms with Crippen LogP contribution < -0.4 is 15.5 Å². The van der Waals surface area contributed by atoms with Crippen LogP contribution in [0.15, 0.2) is 58.9 Å². The molecule has 7 nitrogen and oxygen atoms in total. The van der Waals surface area contributed by atoms with Crippen molar-refractivity contribution in [1.29, 1.82) is 0 Å². The van der Waals surface area contributed by atoms with Gasteiger partial charge in [0.25, 0.3) is 0 Å². The molecule has 0 aliphatic carbocycles. The Balaban J connectivity index is 1.52. The Kier molecular flexibility index (Phi) is 5.48. The number of nitrogens with one attached hydrogen (secondary N) is 2. The van der Waals surface area contributed by atoms with Gasteiger partial charge in [0.1, 0.15) is 5.54 Å². The van der Waals surface area contributed by atoms with Crippen molar-refractivity contribution in [3.63, 3.8) is 0 Å². The molecule has 1 atom stereocenters. The molecule has 0 saturated heterocycles. The van der Waals surface area contributed by atoms with Crippen LogP contribution in [0.25, 0.3) is 0 Å². The van der Waals surface area contributed by atoms with Crippen LogP contribution in [0.3, 0.4) is 0 Å². The van der Waals surface area contributed by atoms with Crippen molar-refractivity contribution >= 4 is 57.1 Å². The van der Waals surface area contributed by atoms with E-state index in [4.69, 9.17) is 0 Å². The lowest BCUT2D eigenvalue weighted by molar-refractivity contribution is -0.126. The van der Waals surface area contributed by atoms with Crippen molar-refractivity contribution in [1.82, 2.24) is 10.2 Å². The Morgan fingerprint density at radius 2 is 1.83 bits per heavy atom. The van der Waals surface area contributed by atoms with Crippen LogP contribution in [-0.4, -0.2) is 32.8 Å². The molecule has 3 aromatic rings. The second-order valence-corrected chi connectivity index (χ2v) is 9.89. The third kappa shape index (κ3) is 3.90. The first kappa shape index (κ1) is 20.4. The second-order valence-electron chi connectivity index (χ2n) is 7.33. The summed E-state index contributed by atoms with van der Waals surface area (Å²) in [5, 5.41) is 14.7. The van der Waals surface area contributed by atoms with Crippen LogP contribution in [0.1, 0.15) is 20.8 Å². The summed E-state index contributed by atoms with van der Waals surface area (Å²) in [6.45, 7) is 5.32. The zero-order valence-electron chi connectivity index (χ0n) is 16.7. The summed E-state index contributed by atoms with van der Waals surface area (Å²) in [4.78, 5) is 27.6. The molecule has 1 unspecified atom stereocenters. The number of amides is 2. The number of para-hydroxylation sites is 3. The number of nitrogens with zero attached hydrogens (tertiary/aromatic N) is 3. The molecule has 4 rings (SSSR count). The summed E-state index contributed by atoms with van der Waals surface area (Å²) in [6, 6.07) is 17.0. The van der Waals surface area contributed by atoms with Gasteiger partial charge in [0, 0.05) is 5.69 Å². The molecule has 30 heavy (non-hydrogen) atoms. The summed E-state index contributed by atoms with van der Waals surface area (Å²) >= 11 is 2.72. The maximum atomic E-state index is 13.4. The number of hydrogen-bond acceptors (Lipinski definition) is 7. The number of aromatic nitrogens is 2. The van der Waals surface area contributed by atoms with Crippen molar-refractivity contribution in [3.8, 4) is 0 Å². The van der Waals surface area contributed by atoms with Gasteiger partial charge in [0.2, 0.25) is 16.9 Å². The monoisotopic (exact) mass is 439 g/mol. The van der Waals surface area contributed by atoms with Gasteiger partial charge in [-0.1, -0.05) is 53.4 Å². The summed E-state index contributed by atoms with van der Waals surface area (Å²) in [5.74, 6) is -0.364. The molecule has 2 amide bonds. The normalized spacial score (nSPS) is 15.8. The number of hydrogen-bond donors (Lipinski definition) is 2. The molecule has 2 heterocycles.